The van der Waals surface area contributed by atoms with E-state index in [1.807, 2.05) is 0 Å². The highest BCUT2D eigenvalue weighted by atomic mass is 79.9. The minimum absolute atomic E-state index is 0.134. The van der Waals surface area contributed by atoms with Crippen LogP contribution in [0.4, 0.5) is 0 Å². The molecule has 9 heteroatoms. The SMILES string of the molecule is O=C(CC(O)(CC(=O)NCBr)C(=O)O)NCBr. The third-order valence-electron chi connectivity index (χ3n) is 1.83. The molecule has 0 aliphatic heterocycles. The van der Waals surface area contributed by atoms with E-state index in [9.17, 15) is 19.5 Å². The maximum atomic E-state index is 11.2. The Morgan fingerprint density at radius 1 is 1.00 bits per heavy atom. The number of amides is 2. The van der Waals surface area contributed by atoms with Crippen LogP contribution in [0.1, 0.15) is 12.8 Å². The Labute approximate surface area is 114 Å². The van der Waals surface area contributed by atoms with Crippen LogP contribution >= 0.6 is 31.9 Å². The standard InChI is InChI=1S/C8H12Br2N2O5/c9-3-11-5(13)1-8(17,7(15)16)2-6(14)12-4-10/h17H,1-4H2,(H,11,13)(H,12,14)(H,15,16). The minimum atomic E-state index is -2.40. The Balaban J connectivity index is 4.62. The Morgan fingerprint density at radius 3 is 1.59 bits per heavy atom. The van der Waals surface area contributed by atoms with Gasteiger partial charge in [-0.05, 0) is 0 Å². The molecule has 0 radical (unpaired) electrons. The van der Waals surface area contributed by atoms with Crippen molar-refractivity contribution in [2.24, 2.45) is 0 Å². The average Bonchev–Trinajstić information content (AvgIpc) is 2.17. The summed E-state index contributed by atoms with van der Waals surface area (Å²) in [5, 5.41) is 23.1. The highest BCUT2D eigenvalue weighted by Crippen LogP contribution is 2.16. The first-order valence-electron chi connectivity index (χ1n) is 4.47. The van der Waals surface area contributed by atoms with E-state index in [0.717, 1.165) is 0 Å². The van der Waals surface area contributed by atoms with Crippen molar-refractivity contribution < 1.29 is 24.6 Å². The molecular formula is C8H12Br2N2O5. The number of carboxylic acid groups (broad SMARTS) is 1. The van der Waals surface area contributed by atoms with Gasteiger partial charge in [0.2, 0.25) is 11.8 Å². The highest BCUT2D eigenvalue weighted by molar-refractivity contribution is 9.09. The molecule has 0 saturated heterocycles. The lowest BCUT2D eigenvalue weighted by Crippen LogP contribution is -2.46. The molecule has 0 atom stereocenters. The van der Waals surface area contributed by atoms with E-state index in [0.29, 0.717) is 0 Å². The molecule has 0 unspecified atom stereocenters. The lowest BCUT2D eigenvalue weighted by Gasteiger charge is -2.21. The molecule has 0 aromatic heterocycles. The third kappa shape index (κ3) is 5.99. The Bertz CT molecular complexity index is 290. The number of carboxylic acids is 1. The van der Waals surface area contributed by atoms with E-state index in [1.54, 1.807) is 0 Å². The van der Waals surface area contributed by atoms with E-state index < -0.39 is 36.2 Å². The van der Waals surface area contributed by atoms with Gasteiger partial charge in [0, 0.05) is 0 Å². The van der Waals surface area contributed by atoms with Crippen molar-refractivity contribution in [3.63, 3.8) is 0 Å². The number of hydrogen-bond acceptors (Lipinski definition) is 4. The summed E-state index contributed by atoms with van der Waals surface area (Å²) >= 11 is 5.85. The van der Waals surface area contributed by atoms with Crippen LogP contribution in [0.5, 0.6) is 0 Å². The predicted octanol–water partition coefficient (Wildman–Crippen LogP) is -0.481. The highest BCUT2D eigenvalue weighted by Gasteiger charge is 2.40. The maximum absolute atomic E-state index is 11.2. The van der Waals surface area contributed by atoms with Gasteiger partial charge < -0.3 is 20.8 Å². The topological polar surface area (TPSA) is 116 Å². The van der Waals surface area contributed by atoms with E-state index in [4.69, 9.17) is 5.11 Å². The number of rotatable bonds is 7. The van der Waals surface area contributed by atoms with Gasteiger partial charge in [0.15, 0.2) is 5.60 Å². The van der Waals surface area contributed by atoms with Crippen molar-refractivity contribution >= 4 is 49.6 Å². The Morgan fingerprint density at radius 2 is 1.35 bits per heavy atom. The minimum Gasteiger partial charge on any atom is -0.479 e. The van der Waals surface area contributed by atoms with Crippen molar-refractivity contribution in [1.29, 1.82) is 0 Å². The van der Waals surface area contributed by atoms with E-state index in [-0.39, 0.29) is 10.9 Å². The molecule has 4 N–H and O–H groups in total. The van der Waals surface area contributed by atoms with Gasteiger partial charge in [-0.1, -0.05) is 31.9 Å². The van der Waals surface area contributed by atoms with Crippen molar-refractivity contribution in [3.05, 3.63) is 0 Å². The number of carbonyl (C=O) groups is 3. The maximum Gasteiger partial charge on any atom is 0.336 e. The first-order chi connectivity index (χ1) is 7.85. The predicted molar refractivity (Wildman–Crippen MR) is 65.7 cm³/mol. The molecule has 7 nitrogen and oxygen atoms in total. The van der Waals surface area contributed by atoms with Gasteiger partial charge in [-0.2, -0.15) is 0 Å². The van der Waals surface area contributed by atoms with Crippen LogP contribution in [0, 0.1) is 0 Å². The average molecular weight is 376 g/mol. The first-order valence-corrected chi connectivity index (χ1v) is 6.71. The molecule has 0 aromatic carbocycles. The second-order valence-electron chi connectivity index (χ2n) is 3.16. The monoisotopic (exact) mass is 374 g/mol. The van der Waals surface area contributed by atoms with Gasteiger partial charge >= 0.3 is 5.97 Å². The fraction of sp³-hybridized carbons (Fsp3) is 0.625. The van der Waals surface area contributed by atoms with E-state index in [1.165, 1.54) is 0 Å². The van der Waals surface area contributed by atoms with Crippen LogP contribution in [-0.2, 0) is 14.4 Å². The fourth-order valence-electron chi connectivity index (χ4n) is 1.02. The molecule has 0 aliphatic rings. The Kier molecular flexibility index (Phi) is 7.32. The van der Waals surface area contributed by atoms with Gasteiger partial charge in [0.25, 0.3) is 0 Å². The van der Waals surface area contributed by atoms with Gasteiger partial charge in [0.1, 0.15) is 0 Å². The lowest BCUT2D eigenvalue weighted by atomic mass is 9.95. The molecule has 0 fully saturated rings. The normalized spacial score (nSPS) is 10.8. The van der Waals surface area contributed by atoms with Crippen LogP contribution in [0.25, 0.3) is 0 Å². The van der Waals surface area contributed by atoms with E-state index >= 15 is 0 Å². The number of aliphatic carboxylic acids is 1. The summed E-state index contributed by atoms with van der Waals surface area (Å²) in [5.74, 6) is -2.95. The van der Waals surface area contributed by atoms with Gasteiger partial charge in [-0.15, -0.1) is 0 Å². The van der Waals surface area contributed by atoms with Crippen molar-refractivity contribution in [1.82, 2.24) is 10.6 Å². The molecule has 0 heterocycles. The summed E-state index contributed by atoms with van der Waals surface area (Å²) in [4.78, 5) is 33.3. The summed E-state index contributed by atoms with van der Waals surface area (Å²) in [5.41, 5.74) is -2.14. The van der Waals surface area contributed by atoms with Gasteiger partial charge in [-0.25, -0.2) is 4.79 Å². The second kappa shape index (κ2) is 7.62. The zero-order valence-electron chi connectivity index (χ0n) is 8.70. The number of alkyl halides is 2. The number of halogens is 2. The summed E-state index contributed by atoms with van der Waals surface area (Å²) in [6, 6.07) is 0. The van der Waals surface area contributed by atoms with Crippen LogP contribution in [-0.4, -0.2) is 44.5 Å². The van der Waals surface area contributed by atoms with Crippen LogP contribution in [0.15, 0.2) is 0 Å². The van der Waals surface area contributed by atoms with Crippen LogP contribution in [0.3, 0.4) is 0 Å². The number of hydrogen-bond donors (Lipinski definition) is 4. The van der Waals surface area contributed by atoms with Gasteiger partial charge in [0.05, 0.1) is 23.7 Å². The fourth-order valence-corrected chi connectivity index (χ4v) is 1.64. The molecule has 0 aromatic rings. The number of carbonyl (C=O) groups excluding carboxylic acids is 2. The zero-order chi connectivity index (χ0) is 13.5. The molecule has 17 heavy (non-hydrogen) atoms. The smallest absolute Gasteiger partial charge is 0.336 e. The summed E-state index contributed by atoms with van der Waals surface area (Å²) in [6.45, 7) is 0. The Hall–Kier alpha value is -0.670. The molecule has 0 saturated carbocycles. The summed E-state index contributed by atoms with van der Waals surface area (Å²) in [7, 11) is 0. The number of nitrogens with one attached hydrogen (secondary N) is 2. The molecule has 98 valence electrons. The van der Waals surface area contributed by atoms with Crippen molar-refractivity contribution in [2.45, 2.75) is 18.4 Å². The van der Waals surface area contributed by atoms with Crippen molar-refractivity contribution in [3.8, 4) is 0 Å². The number of aliphatic hydroxyl groups is 1. The van der Waals surface area contributed by atoms with E-state index in [2.05, 4.69) is 42.5 Å². The largest absolute Gasteiger partial charge is 0.479 e. The third-order valence-corrected chi connectivity index (χ3v) is 2.39. The lowest BCUT2D eigenvalue weighted by molar-refractivity contribution is -0.164. The zero-order valence-corrected chi connectivity index (χ0v) is 11.9. The molecule has 0 aliphatic carbocycles. The molecule has 0 bridgehead atoms. The second-order valence-corrected chi connectivity index (χ2v) is 4.28. The summed E-state index contributed by atoms with van der Waals surface area (Å²) < 4.78 is 0. The molecule has 0 spiro atoms. The van der Waals surface area contributed by atoms with Crippen LogP contribution in [0.2, 0.25) is 0 Å². The summed E-state index contributed by atoms with van der Waals surface area (Å²) in [6.07, 6.45) is -1.38. The molecular weight excluding hydrogens is 364 g/mol. The van der Waals surface area contributed by atoms with Gasteiger partial charge in [-0.3, -0.25) is 9.59 Å². The quantitative estimate of drug-likeness (QED) is 0.354. The first kappa shape index (κ1) is 16.3. The van der Waals surface area contributed by atoms with Crippen molar-refractivity contribution in [2.75, 3.05) is 10.9 Å². The molecule has 2 amide bonds. The molecule has 0 rings (SSSR count). The van der Waals surface area contributed by atoms with Crippen LogP contribution < -0.4 is 10.6 Å².